The lowest BCUT2D eigenvalue weighted by molar-refractivity contribution is -0.127. The lowest BCUT2D eigenvalue weighted by Gasteiger charge is -2.31. The van der Waals surface area contributed by atoms with Crippen molar-refractivity contribution in [2.24, 2.45) is 11.8 Å². The van der Waals surface area contributed by atoms with Gasteiger partial charge in [0, 0.05) is 11.5 Å². The van der Waals surface area contributed by atoms with E-state index in [1.165, 1.54) is 19.3 Å². The van der Waals surface area contributed by atoms with Crippen LogP contribution in [-0.4, -0.2) is 12.4 Å². The first-order valence-corrected chi connectivity index (χ1v) is 7.56. The van der Waals surface area contributed by atoms with E-state index in [4.69, 9.17) is 4.74 Å². The molecule has 0 saturated heterocycles. The van der Waals surface area contributed by atoms with E-state index in [9.17, 15) is 4.79 Å². The van der Waals surface area contributed by atoms with Crippen LogP contribution in [0.3, 0.4) is 0 Å². The van der Waals surface area contributed by atoms with Crippen LogP contribution in [0.15, 0.2) is 24.3 Å². The molecule has 2 aliphatic rings. The van der Waals surface area contributed by atoms with Crippen LogP contribution in [0.25, 0.3) is 0 Å². The van der Waals surface area contributed by atoms with Crippen LogP contribution >= 0.6 is 0 Å². The standard InChI is InChI=1S/C17H22O2/c1-2-12-7-3-4-8-13(12)17(18)15-11-19-16-10-6-5-9-14(15)16/h5-6,9-10,12-13,15H,2-4,7-8,11H2,1H3. The summed E-state index contributed by atoms with van der Waals surface area (Å²) in [5.74, 6) is 2.17. The maximum Gasteiger partial charge on any atom is 0.147 e. The highest BCUT2D eigenvalue weighted by Crippen LogP contribution is 2.40. The van der Waals surface area contributed by atoms with Crippen molar-refractivity contribution in [2.45, 2.75) is 44.9 Å². The first-order valence-electron chi connectivity index (χ1n) is 7.56. The monoisotopic (exact) mass is 258 g/mol. The third-order valence-corrected chi connectivity index (χ3v) is 4.84. The smallest absolute Gasteiger partial charge is 0.147 e. The van der Waals surface area contributed by atoms with E-state index in [-0.39, 0.29) is 11.8 Å². The summed E-state index contributed by atoms with van der Waals surface area (Å²) in [7, 11) is 0. The average molecular weight is 258 g/mol. The number of benzene rings is 1. The van der Waals surface area contributed by atoms with E-state index < -0.39 is 0 Å². The highest BCUT2D eigenvalue weighted by atomic mass is 16.5. The molecule has 1 saturated carbocycles. The molecule has 1 fully saturated rings. The summed E-state index contributed by atoms with van der Waals surface area (Å²) in [5, 5.41) is 0. The topological polar surface area (TPSA) is 26.3 Å². The van der Waals surface area contributed by atoms with Gasteiger partial charge in [0.25, 0.3) is 0 Å². The molecule has 1 aliphatic heterocycles. The number of hydrogen-bond donors (Lipinski definition) is 0. The fourth-order valence-electron chi connectivity index (χ4n) is 3.73. The fraction of sp³-hybridized carbons (Fsp3) is 0.588. The summed E-state index contributed by atoms with van der Waals surface area (Å²) in [6, 6.07) is 8.00. The second-order valence-corrected chi connectivity index (χ2v) is 5.86. The molecule has 3 rings (SSSR count). The van der Waals surface area contributed by atoms with Crippen LogP contribution in [0.2, 0.25) is 0 Å². The van der Waals surface area contributed by atoms with Gasteiger partial charge in [0.15, 0.2) is 0 Å². The van der Waals surface area contributed by atoms with E-state index >= 15 is 0 Å². The van der Waals surface area contributed by atoms with Crippen LogP contribution in [0.1, 0.15) is 50.5 Å². The summed E-state index contributed by atoms with van der Waals surface area (Å²) in [6.45, 7) is 2.76. The van der Waals surface area contributed by atoms with Gasteiger partial charge in [-0.15, -0.1) is 0 Å². The van der Waals surface area contributed by atoms with Gasteiger partial charge in [0.1, 0.15) is 18.1 Å². The molecule has 0 spiro atoms. The highest BCUT2D eigenvalue weighted by molar-refractivity contribution is 5.89. The molecule has 3 unspecified atom stereocenters. The van der Waals surface area contributed by atoms with Crippen LogP contribution in [0.4, 0.5) is 0 Å². The number of carbonyl (C=O) groups is 1. The molecule has 3 atom stereocenters. The van der Waals surface area contributed by atoms with Crippen LogP contribution in [-0.2, 0) is 4.79 Å². The van der Waals surface area contributed by atoms with Crippen LogP contribution < -0.4 is 4.74 Å². The summed E-state index contributed by atoms with van der Waals surface area (Å²) in [5.41, 5.74) is 1.10. The minimum Gasteiger partial charge on any atom is -0.492 e. The molecule has 2 nitrogen and oxygen atoms in total. The van der Waals surface area contributed by atoms with Gasteiger partial charge < -0.3 is 4.74 Å². The van der Waals surface area contributed by atoms with Gasteiger partial charge >= 0.3 is 0 Å². The lowest BCUT2D eigenvalue weighted by Crippen LogP contribution is -2.31. The number of rotatable bonds is 3. The third kappa shape index (κ3) is 2.29. The highest BCUT2D eigenvalue weighted by Gasteiger charge is 2.38. The predicted octanol–water partition coefficient (Wildman–Crippen LogP) is 3.95. The Morgan fingerprint density at radius 1 is 1.26 bits per heavy atom. The first-order chi connectivity index (χ1) is 9.31. The minimum atomic E-state index is -0.0200. The van der Waals surface area contributed by atoms with Gasteiger partial charge in [0.2, 0.25) is 0 Å². The molecule has 0 aromatic heterocycles. The Hall–Kier alpha value is -1.31. The molecule has 1 aromatic carbocycles. The quantitative estimate of drug-likeness (QED) is 0.820. The zero-order valence-corrected chi connectivity index (χ0v) is 11.6. The Bertz CT molecular complexity index is 466. The largest absolute Gasteiger partial charge is 0.492 e. The Labute approximate surface area is 115 Å². The lowest BCUT2D eigenvalue weighted by atomic mass is 9.72. The number of Topliss-reactive ketones (excluding diaryl/α,β-unsaturated/α-hetero) is 1. The van der Waals surface area contributed by atoms with Gasteiger partial charge in [-0.2, -0.15) is 0 Å². The summed E-state index contributed by atoms with van der Waals surface area (Å²) < 4.78 is 5.67. The second kappa shape index (κ2) is 5.36. The van der Waals surface area contributed by atoms with Gasteiger partial charge in [-0.05, 0) is 24.8 Å². The average Bonchev–Trinajstić information content (AvgIpc) is 2.90. The molecule has 19 heavy (non-hydrogen) atoms. The zero-order valence-electron chi connectivity index (χ0n) is 11.6. The van der Waals surface area contributed by atoms with Crippen LogP contribution in [0.5, 0.6) is 5.75 Å². The number of fused-ring (bicyclic) bond motifs is 1. The predicted molar refractivity (Wildman–Crippen MR) is 75.4 cm³/mol. The molecule has 102 valence electrons. The maximum atomic E-state index is 12.9. The Morgan fingerprint density at radius 3 is 2.89 bits per heavy atom. The molecular weight excluding hydrogens is 236 g/mol. The molecule has 1 aliphatic carbocycles. The Morgan fingerprint density at radius 2 is 2.05 bits per heavy atom. The SMILES string of the molecule is CCC1CCCCC1C(=O)C1COc2ccccc21. The van der Waals surface area contributed by atoms with Crippen molar-refractivity contribution in [3.05, 3.63) is 29.8 Å². The Balaban J connectivity index is 1.81. The molecule has 0 N–H and O–H groups in total. The van der Waals surface area contributed by atoms with E-state index in [2.05, 4.69) is 13.0 Å². The second-order valence-electron chi connectivity index (χ2n) is 5.86. The van der Waals surface area contributed by atoms with Gasteiger partial charge in [0.05, 0.1) is 5.92 Å². The molecule has 1 heterocycles. The van der Waals surface area contributed by atoms with Gasteiger partial charge in [-0.25, -0.2) is 0 Å². The van der Waals surface area contributed by atoms with Crippen molar-refractivity contribution < 1.29 is 9.53 Å². The van der Waals surface area contributed by atoms with Crippen molar-refractivity contribution in [3.8, 4) is 5.75 Å². The Kier molecular flexibility index (Phi) is 3.58. The summed E-state index contributed by atoms with van der Waals surface area (Å²) in [4.78, 5) is 12.9. The van der Waals surface area contributed by atoms with Crippen molar-refractivity contribution >= 4 is 5.78 Å². The van der Waals surface area contributed by atoms with Crippen molar-refractivity contribution in [1.29, 1.82) is 0 Å². The number of carbonyl (C=O) groups excluding carboxylic acids is 1. The fourth-order valence-corrected chi connectivity index (χ4v) is 3.73. The number of hydrogen-bond acceptors (Lipinski definition) is 2. The van der Waals surface area contributed by atoms with E-state index in [1.807, 2.05) is 18.2 Å². The van der Waals surface area contributed by atoms with Crippen molar-refractivity contribution in [3.63, 3.8) is 0 Å². The van der Waals surface area contributed by atoms with Gasteiger partial charge in [-0.1, -0.05) is 44.4 Å². The normalized spacial score (nSPS) is 29.6. The third-order valence-electron chi connectivity index (χ3n) is 4.84. The first kappa shape index (κ1) is 12.7. The molecule has 2 heteroatoms. The number of ether oxygens (including phenoxy) is 1. The van der Waals surface area contributed by atoms with E-state index in [0.29, 0.717) is 18.3 Å². The van der Waals surface area contributed by atoms with Gasteiger partial charge in [-0.3, -0.25) is 4.79 Å². The van der Waals surface area contributed by atoms with Crippen molar-refractivity contribution in [1.82, 2.24) is 0 Å². The molecular formula is C17H22O2. The summed E-state index contributed by atoms with van der Waals surface area (Å²) in [6.07, 6.45) is 5.94. The van der Waals surface area contributed by atoms with Crippen molar-refractivity contribution in [2.75, 3.05) is 6.61 Å². The number of para-hydroxylation sites is 1. The minimum absolute atomic E-state index is 0.0200. The molecule has 0 bridgehead atoms. The zero-order chi connectivity index (χ0) is 13.2. The number of ketones is 1. The summed E-state index contributed by atoms with van der Waals surface area (Å²) >= 11 is 0. The van der Waals surface area contributed by atoms with E-state index in [1.54, 1.807) is 0 Å². The molecule has 1 aromatic rings. The maximum absolute atomic E-state index is 12.9. The van der Waals surface area contributed by atoms with Crippen LogP contribution in [0, 0.1) is 11.8 Å². The van der Waals surface area contributed by atoms with E-state index in [0.717, 1.165) is 24.2 Å². The molecule has 0 radical (unpaired) electrons. The molecule has 0 amide bonds.